The maximum absolute atomic E-state index is 12.8. The molecule has 4 rings (SSSR count). The Balaban J connectivity index is 1.49. The molecule has 162 valence electrons. The quantitative estimate of drug-likeness (QED) is 0.462. The lowest BCUT2D eigenvalue weighted by Gasteiger charge is -2.13. The Morgan fingerprint density at radius 3 is 2.41 bits per heavy atom. The van der Waals surface area contributed by atoms with E-state index in [0.717, 1.165) is 4.90 Å². The van der Waals surface area contributed by atoms with Crippen LogP contribution in [0.1, 0.15) is 43.8 Å². The maximum Gasteiger partial charge on any atom is 0.338 e. The van der Waals surface area contributed by atoms with Gasteiger partial charge in [0, 0.05) is 11.1 Å². The van der Waals surface area contributed by atoms with Gasteiger partial charge < -0.3 is 14.6 Å². The highest BCUT2D eigenvalue weighted by Crippen LogP contribution is 2.30. The Morgan fingerprint density at radius 1 is 1.06 bits per heavy atom. The summed E-state index contributed by atoms with van der Waals surface area (Å²) in [5.41, 5.74) is 0.612. The number of imide groups is 1. The van der Waals surface area contributed by atoms with E-state index in [-0.39, 0.29) is 22.5 Å². The van der Waals surface area contributed by atoms with Crippen LogP contribution >= 0.6 is 11.6 Å². The first-order chi connectivity index (χ1) is 15.2. The second kappa shape index (κ2) is 8.27. The van der Waals surface area contributed by atoms with Crippen LogP contribution in [-0.2, 0) is 9.53 Å². The minimum absolute atomic E-state index is 0.0276. The third-order valence-corrected chi connectivity index (χ3v) is 4.99. The summed E-state index contributed by atoms with van der Waals surface area (Å²) >= 11 is 5.87. The largest absolute Gasteiger partial charge is 0.449 e. The van der Waals surface area contributed by atoms with Crippen molar-refractivity contribution in [3.63, 3.8) is 0 Å². The average molecular weight is 454 g/mol. The van der Waals surface area contributed by atoms with Crippen molar-refractivity contribution in [1.82, 2.24) is 5.16 Å². The number of amides is 3. The molecule has 1 unspecified atom stereocenters. The summed E-state index contributed by atoms with van der Waals surface area (Å²) in [5, 5.41) is 6.57. The molecule has 0 spiro atoms. The normalized spacial score (nSPS) is 13.7. The van der Waals surface area contributed by atoms with Crippen LogP contribution in [0, 0.1) is 6.92 Å². The molecule has 1 aliphatic heterocycles. The topological polar surface area (TPSA) is 119 Å². The van der Waals surface area contributed by atoms with Gasteiger partial charge in [0.15, 0.2) is 11.9 Å². The number of anilines is 2. The van der Waals surface area contributed by atoms with E-state index in [1.165, 1.54) is 31.2 Å². The number of halogens is 1. The Morgan fingerprint density at radius 2 is 1.75 bits per heavy atom. The van der Waals surface area contributed by atoms with E-state index < -0.39 is 29.8 Å². The van der Waals surface area contributed by atoms with Gasteiger partial charge in [-0.15, -0.1) is 0 Å². The highest BCUT2D eigenvalue weighted by Gasteiger charge is 2.37. The smallest absolute Gasteiger partial charge is 0.338 e. The molecule has 10 heteroatoms. The summed E-state index contributed by atoms with van der Waals surface area (Å²) in [6, 6.07) is 11.8. The summed E-state index contributed by atoms with van der Waals surface area (Å²) in [6.45, 7) is 3.06. The van der Waals surface area contributed by atoms with Crippen LogP contribution in [0.15, 0.2) is 53.1 Å². The first-order valence-corrected chi connectivity index (χ1v) is 9.86. The van der Waals surface area contributed by atoms with Crippen LogP contribution in [0.5, 0.6) is 0 Å². The highest BCUT2D eigenvalue weighted by atomic mass is 35.5. The highest BCUT2D eigenvalue weighted by molar-refractivity contribution is 6.35. The van der Waals surface area contributed by atoms with E-state index in [4.69, 9.17) is 20.9 Å². The fourth-order valence-electron chi connectivity index (χ4n) is 3.13. The molecule has 3 aromatic rings. The molecule has 0 saturated heterocycles. The van der Waals surface area contributed by atoms with Gasteiger partial charge in [0.1, 0.15) is 5.76 Å². The Bertz CT molecular complexity index is 1250. The lowest BCUT2D eigenvalue weighted by atomic mass is 10.1. The van der Waals surface area contributed by atoms with Gasteiger partial charge in [0.2, 0.25) is 0 Å². The number of carbonyl (C=O) groups excluding carboxylic acids is 4. The fraction of sp³-hybridized carbons (Fsp3) is 0.136. The number of ether oxygens (including phenoxy) is 1. The van der Waals surface area contributed by atoms with E-state index in [1.807, 2.05) is 0 Å². The molecule has 2 heterocycles. The van der Waals surface area contributed by atoms with E-state index in [0.29, 0.717) is 16.5 Å². The number of aromatic nitrogens is 1. The maximum atomic E-state index is 12.8. The second-order valence-electron chi connectivity index (χ2n) is 7.04. The predicted octanol–water partition coefficient (Wildman–Crippen LogP) is 3.62. The van der Waals surface area contributed by atoms with Crippen LogP contribution in [0.2, 0.25) is 5.02 Å². The monoisotopic (exact) mass is 453 g/mol. The summed E-state index contributed by atoms with van der Waals surface area (Å²) in [7, 11) is 0. The zero-order valence-electron chi connectivity index (χ0n) is 16.9. The molecule has 0 bridgehead atoms. The molecule has 0 radical (unpaired) electrons. The summed E-state index contributed by atoms with van der Waals surface area (Å²) < 4.78 is 10.1. The van der Waals surface area contributed by atoms with Gasteiger partial charge >= 0.3 is 5.97 Å². The molecule has 32 heavy (non-hydrogen) atoms. The molecule has 0 aliphatic carbocycles. The third kappa shape index (κ3) is 3.97. The van der Waals surface area contributed by atoms with Crippen molar-refractivity contribution in [3.05, 3.63) is 76.0 Å². The minimum Gasteiger partial charge on any atom is -0.449 e. The standard InChI is InChI=1S/C22H16ClN3O6/c1-11-9-18(25-32-11)24-19(27)12(2)31-22(30)13-3-8-16-17(10-13)21(29)26(20(16)28)15-6-4-14(23)5-7-15/h3-10,12H,1-2H3,(H,24,25,27). The molecule has 1 aromatic heterocycles. The molecular weight excluding hydrogens is 438 g/mol. The van der Waals surface area contributed by atoms with E-state index in [9.17, 15) is 19.2 Å². The van der Waals surface area contributed by atoms with Gasteiger partial charge in [-0.25, -0.2) is 9.69 Å². The van der Waals surface area contributed by atoms with E-state index in [1.54, 1.807) is 31.2 Å². The number of benzene rings is 2. The van der Waals surface area contributed by atoms with Gasteiger partial charge in [-0.3, -0.25) is 14.4 Å². The molecule has 9 nitrogen and oxygen atoms in total. The number of esters is 1. The Kier molecular flexibility index (Phi) is 5.50. The van der Waals surface area contributed by atoms with Crippen molar-refractivity contribution >= 4 is 46.8 Å². The van der Waals surface area contributed by atoms with Crippen molar-refractivity contribution in [2.45, 2.75) is 20.0 Å². The van der Waals surface area contributed by atoms with Crippen molar-refractivity contribution in [2.24, 2.45) is 0 Å². The number of nitrogens with one attached hydrogen (secondary N) is 1. The molecule has 3 amide bonds. The summed E-state index contributed by atoms with van der Waals surface area (Å²) in [4.78, 5) is 51.3. The third-order valence-electron chi connectivity index (χ3n) is 4.74. The molecule has 1 aliphatic rings. The van der Waals surface area contributed by atoms with Crippen LogP contribution < -0.4 is 10.2 Å². The number of fused-ring (bicyclic) bond motifs is 1. The van der Waals surface area contributed by atoms with Gasteiger partial charge in [0.05, 0.1) is 22.4 Å². The van der Waals surface area contributed by atoms with Crippen LogP contribution in [0.3, 0.4) is 0 Å². The van der Waals surface area contributed by atoms with E-state index >= 15 is 0 Å². The van der Waals surface area contributed by atoms with Crippen LogP contribution in [0.4, 0.5) is 11.5 Å². The first-order valence-electron chi connectivity index (χ1n) is 9.48. The lowest BCUT2D eigenvalue weighted by molar-refractivity contribution is -0.123. The van der Waals surface area contributed by atoms with Gasteiger partial charge in [-0.05, 0) is 56.3 Å². The lowest BCUT2D eigenvalue weighted by Crippen LogP contribution is -2.30. The summed E-state index contributed by atoms with van der Waals surface area (Å²) in [6.07, 6.45) is -1.14. The van der Waals surface area contributed by atoms with E-state index in [2.05, 4.69) is 10.5 Å². The van der Waals surface area contributed by atoms with Crippen LogP contribution in [-0.4, -0.2) is 35.0 Å². The Labute approximate surface area is 186 Å². The van der Waals surface area contributed by atoms with Gasteiger partial charge in [0.25, 0.3) is 17.7 Å². The van der Waals surface area contributed by atoms with Gasteiger partial charge in [-0.2, -0.15) is 0 Å². The van der Waals surface area contributed by atoms with Crippen molar-refractivity contribution in [2.75, 3.05) is 10.2 Å². The molecule has 0 saturated carbocycles. The zero-order chi connectivity index (χ0) is 23.0. The van der Waals surface area contributed by atoms with Gasteiger partial charge in [-0.1, -0.05) is 16.8 Å². The number of hydrogen-bond donors (Lipinski definition) is 1. The minimum atomic E-state index is -1.14. The Hall–Kier alpha value is -3.98. The fourth-order valence-corrected chi connectivity index (χ4v) is 3.25. The van der Waals surface area contributed by atoms with Crippen molar-refractivity contribution < 1.29 is 28.4 Å². The SMILES string of the molecule is Cc1cc(NC(=O)C(C)OC(=O)c2ccc3c(c2)C(=O)N(c2ccc(Cl)cc2)C3=O)no1. The van der Waals surface area contributed by atoms with Crippen molar-refractivity contribution in [3.8, 4) is 0 Å². The number of hydrogen-bond acceptors (Lipinski definition) is 7. The average Bonchev–Trinajstić information content (AvgIpc) is 3.28. The first kappa shape index (κ1) is 21.3. The zero-order valence-corrected chi connectivity index (χ0v) is 17.7. The van der Waals surface area contributed by atoms with Crippen molar-refractivity contribution in [1.29, 1.82) is 0 Å². The number of carbonyl (C=O) groups is 4. The number of nitrogens with zero attached hydrogens (tertiary/aromatic N) is 2. The van der Waals surface area contributed by atoms with Crippen LogP contribution in [0.25, 0.3) is 0 Å². The molecule has 1 atom stereocenters. The summed E-state index contributed by atoms with van der Waals surface area (Å²) in [5.74, 6) is -1.81. The molecule has 1 N–H and O–H groups in total. The molecule has 2 aromatic carbocycles. The molecular formula is C22H16ClN3O6. The predicted molar refractivity (Wildman–Crippen MR) is 114 cm³/mol. The number of rotatable bonds is 5. The second-order valence-corrected chi connectivity index (χ2v) is 7.48. The number of aryl methyl sites for hydroxylation is 1. The molecule has 0 fully saturated rings.